The van der Waals surface area contributed by atoms with Crippen molar-refractivity contribution in [2.75, 3.05) is 13.2 Å². The van der Waals surface area contributed by atoms with Crippen LogP contribution in [0.3, 0.4) is 0 Å². The zero-order chi connectivity index (χ0) is 19.8. The first-order valence-electron chi connectivity index (χ1n) is 10.9. The molecular formula is C25H28N2O2. The Morgan fingerprint density at radius 3 is 2.62 bits per heavy atom. The van der Waals surface area contributed by atoms with Gasteiger partial charge in [0.1, 0.15) is 5.78 Å². The van der Waals surface area contributed by atoms with Crippen molar-refractivity contribution in [2.24, 2.45) is 5.41 Å². The number of ketones is 1. The van der Waals surface area contributed by atoms with Crippen LogP contribution in [0.4, 0.5) is 0 Å². The second-order valence-corrected chi connectivity index (χ2v) is 9.11. The topological polar surface area (TPSA) is 52.1 Å². The molecule has 0 amide bonds. The van der Waals surface area contributed by atoms with Crippen LogP contribution in [0.1, 0.15) is 67.5 Å². The highest BCUT2D eigenvalue weighted by Crippen LogP contribution is 2.43. The number of ether oxygens (including phenoxy) is 1. The van der Waals surface area contributed by atoms with Gasteiger partial charge in [0, 0.05) is 60.5 Å². The number of nitrogens with zero attached hydrogens (tertiary/aromatic N) is 2. The summed E-state index contributed by atoms with van der Waals surface area (Å²) >= 11 is 0. The predicted octanol–water partition coefficient (Wildman–Crippen LogP) is 4.91. The Labute approximate surface area is 172 Å². The maximum atomic E-state index is 12.9. The maximum absolute atomic E-state index is 12.9. The smallest absolute Gasteiger partial charge is 0.140 e. The lowest BCUT2D eigenvalue weighted by molar-refractivity contribution is -0.122. The molecule has 1 fully saturated rings. The molecule has 0 saturated carbocycles. The molecule has 0 radical (unpaired) electrons. The molecule has 3 aliphatic rings. The monoisotopic (exact) mass is 388 g/mol. The van der Waals surface area contributed by atoms with Gasteiger partial charge in [-0.1, -0.05) is 19.1 Å². The van der Waals surface area contributed by atoms with Crippen LogP contribution in [0.25, 0.3) is 17.2 Å². The van der Waals surface area contributed by atoms with Gasteiger partial charge >= 0.3 is 0 Å². The summed E-state index contributed by atoms with van der Waals surface area (Å²) in [6, 6.07) is 4.42. The normalized spacial score (nSPS) is 22.8. The van der Waals surface area contributed by atoms with Crippen molar-refractivity contribution < 1.29 is 9.53 Å². The fourth-order valence-electron chi connectivity index (χ4n) is 5.00. The van der Waals surface area contributed by atoms with Gasteiger partial charge in [0.05, 0.1) is 0 Å². The van der Waals surface area contributed by atoms with Crippen LogP contribution in [-0.2, 0) is 22.4 Å². The second-order valence-electron chi connectivity index (χ2n) is 9.11. The summed E-state index contributed by atoms with van der Waals surface area (Å²) in [6.07, 6.45) is 14.7. The second kappa shape index (κ2) is 7.49. The van der Waals surface area contributed by atoms with E-state index in [0.717, 1.165) is 74.1 Å². The van der Waals surface area contributed by atoms with Gasteiger partial charge < -0.3 is 4.74 Å². The van der Waals surface area contributed by atoms with E-state index >= 15 is 0 Å². The van der Waals surface area contributed by atoms with E-state index in [0.29, 0.717) is 12.2 Å². The summed E-state index contributed by atoms with van der Waals surface area (Å²) in [4.78, 5) is 22.4. The summed E-state index contributed by atoms with van der Waals surface area (Å²) in [7, 11) is 0. The molecule has 2 aromatic heterocycles. The van der Waals surface area contributed by atoms with Gasteiger partial charge in [-0.3, -0.25) is 14.8 Å². The number of allylic oxidation sites excluding steroid dienone is 1. The number of hydrogen-bond acceptors (Lipinski definition) is 4. The summed E-state index contributed by atoms with van der Waals surface area (Å²) in [6.45, 7) is 3.92. The van der Waals surface area contributed by atoms with Crippen molar-refractivity contribution in [1.82, 2.24) is 9.97 Å². The van der Waals surface area contributed by atoms with E-state index in [1.54, 1.807) is 0 Å². The molecule has 1 aliphatic heterocycles. The van der Waals surface area contributed by atoms with Gasteiger partial charge in [0.15, 0.2) is 0 Å². The third kappa shape index (κ3) is 3.66. The predicted molar refractivity (Wildman–Crippen MR) is 114 cm³/mol. The van der Waals surface area contributed by atoms with Crippen LogP contribution < -0.4 is 0 Å². The first-order valence-corrected chi connectivity index (χ1v) is 10.9. The quantitative estimate of drug-likeness (QED) is 0.750. The Balaban J connectivity index is 1.50. The molecule has 2 aliphatic carbocycles. The highest BCUT2D eigenvalue weighted by Gasteiger charge is 2.37. The first-order chi connectivity index (χ1) is 14.1. The fourth-order valence-corrected chi connectivity index (χ4v) is 5.00. The number of carbonyl (C=O) groups excluding carboxylic acids is 1. The van der Waals surface area contributed by atoms with E-state index in [1.807, 2.05) is 12.4 Å². The van der Waals surface area contributed by atoms with Crippen LogP contribution in [0, 0.1) is 5.41 Å². The van der Waals surface area contributed by atoms with E-state index < -0.39 is 0 Å². The van der Waals surface area contributed by atoms with Gasteiger partial charge in [-0.05, 0) is 67.2 Å². The molecule has 4 heteroatoms. The Bertz CT molecular complexity index is 973. The molecule has 0 N–H and O–H groups in total. The van der Waals surface area contributed by atoms with Crippen molar-refractivity contribution in [1.29, 1.82) is 0 Å². The number of aryl methyl sites for hydroxylation is 2. The lowest BCUT2D eigenvalue weighted by atomic mass is 9.70. The van der Waals surface area contributed by atoms with Crippen LogP contribution >= 0.6 is 0 Å². The molecule has 5 rings (SSSR count). The van der Waals surface area contributed by atoms with E-state index in [2.05, 4.69) is 36.2 Å². The molecule has 1 unspecified atom stereocenters. The van der Waals surface area contributed by atoms with Crippen LogP contribution in [0.2, 0.25) is 0 Å². The lowest BCUT2D eigenvalue weighted by Gasteiger charge is -2.37. The van der Waals surface area contributed by atoms with E-state index in [1.165, 1.54) is 11.3 Å². The zero-order valence-electron chi connectivity index (χ0n) is 17.1. The van der Waals surface area contributed by atoms with Crippen LogP contribution in [0.15, 0.2) is 30.6 Å². The number of Topliss-reactive ketones (excluding diaryl/α,β-unsaturated/α-hetero) is 1. The molecule has 1 atom stereocenters. The van der Waals surface area contributed by atoms with Crippen molar-refractivity contribution in [3.8, 4) is 11.1 Å². The van der Waals surface area contributed by atoms with Gasteiger partial charge in [-0.25, -0.2) is 0 Å². The van der Waals surface area contributed by atoms with Crippen molar-refractivity contribution in [3.63, 3.8) is 0 Å². The molecule has 150 valence electrons. The standard InChI is InChI=1S/C25H28N2O2/c1-25(8-10-29-11-9-25)14-21-20-13-19(16-27-23(20)6-7-24(21)28)18-12-17-4-2-3-5-22(17)26-15-18/h2,4,12-13,15-16,21H,3,5-11,14H2,1H3. The molecule has 29 heavy (non-hydrogen) atoms. The number of rotatable bonds is 3. The van der Waals surface area contributed by atoms with Crippen LogP contribution in [-0.4, -0.2) is 29.0 Å². The van der Waals surface area contributed by atoms with Crippen molar-refractivity contribution in [2.45, 2.75) is 57.8 Å². The van der Waals surface area contributed by atoms with Crippen molar-refractivity contribution >= 4 is 11.9 Å². The Kier molecular flexibility index (Phi) is 4.83. The first kappa shape index (κ1) is 18.7. The van der Waals surface area contributed by atoms with Gasteiger partial charge in [0.25, 0.3) is 0 Å². The van der Waals surface area contributed by atoms with E-state index in [4.69, 9.17) is 9.72 Å². The summed E-state index contributed by atoms with van der Waals surface area (Å²) in [5.74, 6) is 0.329. The summed E-state index contributed by atoms with van der Waals surface area (Å²) in [5, 5.41) is 0. The van der Waals surface area contributed by atoms with Crippen LogP contribution in [0.5, 0.6) is 0 Å². The van der Waals surface area contributed by atoms with Gasteiger partial charge in [-0.2, -0.15) is 0 Å². The van der Waals surface area contributed by atoms with Gasteiger partial charge in [-0.15, -0.1) is 0 Å². The fraction of sp³-hybridized carbons (Fsp3) is 0.480. The number of aromatic nitrogens is 2. The maximum Gasteiger partial charge on any atom is 0.140 e. The SMILES string of the molecule is CC1(CC2C(=O)CCc3ncc(-c4cnc5c(c4)C=CCC5)cc32)CCOCC1. The minimum absolute atomic E-state index is 0.0419. The molecule has 0 spiro atoms. The summed E-state index contributed by atoms with van der Waals surface area (Å²) in [5.41, 5.74) is 6.92. The molecular weight excluding hydrogens is 360 g/mol. The number of carbonyl (C=O) groups is 1. The molecule has 0 aromatic carbocycles. The zero-order valence-corrected chi connectivity index (χ0v) is 17.1. The molecule has 2 aromatic rings. The highest BCUT2D eigenvalue weighted by atomic mass is 16.5. The number of pyridine rings is 2. The minimum Gasteiger partial charge on any atom is -0.381 e. The van der Waals surface area contributed by atoms with Gasteiger partial charge in [0.2, 0.25) is 0 Å². The van der Waals surface area contributed by atoms with E-state index in [-0.39, 0.29) is 11.3 Å². The Morgan fingerprint density at radius 1 is 1.03 bits per heavy atom. The lowest BCUT2D eigenvalue weighted by Crippen LogP contribution is -2.32. The molecule has 4 nitrogen and oxygen atoms in total. The summed E-state index contributed by atoms with van der Waals surface area (Å²) < 4.78 is 5.56. The number of hydrogen-bond donors (Lipinski definition) is 0. The average Bonchev–Trinajstić information content (AvgIpc) is 2.75. The highest BCUT2D eigenvalue weighted by molar-refractivity contribution is 5.88. The largest absolute Gasteiger partial charge is 0.381 e. The third-order valence-corrected chi connectivity index (χ3v) is 6.96. The van der Waals surface area contributed by atoms with Crippen molar-refractivity contribution in [3.05, 3.63) is 53.1 Å². The molecule has 1 saturated heterocycles. The Morgan fingerprint density at radius 2 is 1.79 bits per heavy atom. The molecule has 3 heterocycles. The minimum atomic E-state index is -0.0419. The average molecular weight is 389 g/mol. The molecule has 0 bridgehead atoms. The van der Waals surface area contributed by atoms with E-state index in [9.17, 15) is 4.79 Å². The Hall–Kier alpha value is -2.33. The third-order valence-electron chi connectivity index (χ3n) is 6.96. The number of fused-ring (bicyclic) bond motifs is 2.